The van der Waals surface area contributed by atoms with Crippen molar-refractivity contribution >= 4 is 34.8 Å². The number of hydrogen-bond acceptors (Lipinski definition) is 5. The lowest BCUT2D eigenvalue weighted by molar-refractivity contribution is -0.148. The number of nitrogens with zero attached hydrogens (tertiary/aromatic N) is 3. The van der Waals surface area contributed by atoms with Crippen LogP contribution in [0.25, 0.3) is 10.6 Å². The lowest BCUT2D eigenvalue weighted by Crippen LogP contribution is -2.51. The molecule has 166 valence electrons. The highest BCUT2D eigenvalue weighted by atomic mass is 35.5. The van der Waals surface area contributed by atoms with Gasteiger partial charge >= 0.3 is 0 Å². The molecule has 2 amide bonds. The molecule has 2 atom stereocenters. The van der Waals surface area contributed by atoms with Crippen molar-refractivity contribution in [1.29, 1.82) is 0 Å². The largest absolute Gasteiger partial charge is 0.372 e. The van der Waals surface area contributed by atoms with E-state index < -0.39 is 0 Å². The second-order valence-electron chi connectivity index (χ2n) is 8.51. The zero-order valence-electron chi connectivity index (χ0n) is 18.1. The number of morpholine rings is 1. The molecule has 0 radical (unpaired) electrons. The van der Waals surface area contributed by atoms with E-state index in [1.807, 2.05) is 54.8 Å². The molecule has 2 aromatic rings. The second-order valence-corrected chi connectivity index (χ2v) is 9.94. The molecule has 2 unspecified atom stereocenters. The Morgan fingerprint density at radius 1 is 1.06 bits per heavy atom. The van der Waals surface area contributed by atoms with Gasteiger partial charge in [-0.1, -0.05) is 23.7 Å². The summed E-state index contributed by atoms with van der Waals surface area (Å²) < 4.78 is 5.74. The van der Waals surface area contributed by atoms with Crippen LogP contribution in [0.2, 0.25) is 5.02 Å². The third kappa shape index (κ3) is 4.94. The number of piperidine rings is 1. The van der Waals surface area contributed by atoms with Gasteiger partial charge < -0.3 is 14.5 Å². The number of benzene rings is 1. The maximum Gasteiger partial charge on any atom is 0.265 e. The van der Waals surface area contributed by atoms with Crippen LogP contribution in [0, 0.1) is 12.8 Å². The molecular weight excluding hydrogens is 434 g/mol. The third-order valence-corrected chi connectivity index (χ3v) is 7.39. The van der Waals surface area contributed by atoms with E-state index in [1.165, 1.54) is 11.3 Å². The van der Waals surface area contributed by atoms with Gasteiger partial charge in [-0.25, -0.2) is 4.98 Å². The molecular formula is C23H28ClN3O3S. The van der Waals surface area contributed by atoms with Gasteiger partial charge in [-0.15, -0.1) is 11.3 Å². The Morgan fingerprint density at radius 3 is 2.29 bits per heavy atom. The Morgan fingerprint density at radius 2 is 1.68 bits per heavy atom. The van der Waals surface area contributed by atoms with E-state index >= 15 is 0 Å². The van der Waals surface area contributed by atoms with Gasteiger partial charge in [0.25, 0.3) is 5.91 Å². The van der Waals surface area contributed by atoms with E-state index in [-0.39, 0.29) is 29.9 Å². The van der Waals surface area contributed by atoms with Crippen molar-refractivity contribution in [2.45, 2.75) is 45.8 Å². The highest BCUT2D eigenvalue weighted by molar-refractivity contribution is 7.17. The number of amides is 2. The SMILES string of the molecule is Cc1nc(-c2ccc(Cl)cc2)sc1C(=O)N1CCC(C(=O)N2CC(C)OC(C)C2)CC1. The minimum absolute atomic E-state index is 0.00901. The zero-order chi connectivity index (χ0) is 22.1. The molecule has 2 aliphatic rings. The second kappa shape index (κ2) is 9.27. The Balaban J connectivity index is 1.38. The molecule has 0 bridgehead atoms. The first-order valence-corrected chi connectivity index (χ1v) is 12.0. The Kier molecular flexibility index (Phi) is 6.65. The lowest BCUT2D eigenvalue weighted by Gasteiger charge is -2.39. The van der Waals surface area contributed by atoms with Crippen LogP contribution in [0.1, 0.15) is 42.1 Å². The predicted molar refractivity (Wildman–Crippen MR) is 123 cm³/mol. The summed E-state index contributed by atoms with van der Waals surface area (Å²) in [5, 5.41) is 1.49. The number of hydrogen-bond donors (Lipinski definition) is 0. The minimum atomic E-state index is -0.0197. The van der Waals surface area contributed by atoms with Crippen LogP contribution in [-0.4, -0.2) is 65.0 Å². The van der Waals surface area contributed by atoms with Crippen molar-refractivity contribution in [1.82, 2.24) is 14.8 Å². The number of halogens is 1. The monoisotopic (exact) mass is 461 g/mol. The van der Waals surface area contributed by atoms with Gasteiger partial charge in [0.15, 0.2) is 0 Å². The van der Waals surface area contributed by atoms with Gasteiger partial charge in [0.1, 0.15) is 9.88 Å². The molecule has 1 aromatic heterocycles. The van der Waals surface area contributed by atoms with Gasteiger partial charge in [-0.2, -0.15) is 0 Å². The smallest absolute Gasteiger partial charge is 0.265 e. The van der Waals surface area contributed by atoms with Gasteiger partial charge in [0.05, 0.1) is 17.9 Å². The molecule has 0 saturated carbocycles. The fourth-order valence-electron chi connectivity index (χ4n) is 4.40. The molecule has 3 heterocycles. The minimum Gasteiger partial charge on any atom is -0.372 e. The van der Waals surface area contributed by atoms with Crippen LogP contribution >= 0.6 is 22.9 Å². The molecule has 8 heteroatoms. The van der Waals surface area contributed by atoms with E-state index in [0.29, 0.717) is 48.9 Å². The van der Waals surface area contributed by atoms with E-state index in [0.717, 1.165) is 16.3 Å². The first-order chi connectivity index (χ1) is 14.8. The van der Waals surface area contributed by atoms with Crippen molar-refractivity contribution in [3.05, 3.63) is 39.9 Å². The molecule has 6 nitrogen and oxygen atoms in total. The van der Waals surface area contributed by atoms with Crippen molar-refractivity contribution in [2.75, 3.05) is 26.2 Å². The molecule has 31 heavy (non-hydrogen) atoms. The maximum atomic E-state index is 13.1. The van der Waals surface area contributed by atoms with E-state index in [1.54, 1.807) is 0 Å². The number of thiazole rings is 1. The average Bonchev–Trinajstić information content (AvgIpc) is 3.14. The number of aromatic nitrogens is 1. The average molecular weight is 462 g/mol. The van der Waals surface area contributed by atoms with Crippen molar-refractivity contribution in [3.63, 3.8) is 0 Å². The molecule has 4 rings (SSSR count). The van der Waals surface area contributed by atoms with Gasteiger partial charge in [0, 0.05) is 42.7 Å². The van der Waals surface area contributed by atoms with Crippen LogP contribution in [0.5, 0.6) is 0 Å². The Bertz CT molecular complexity index is 943. The summed E-state index contributed by atoms with van der Waals surface area (Å²) in [4.78, 5) is 35.2. The number of likely N-dealkylation sites (tertiary alicyclic amines) is 1. The molecule has 0 spiro atoms. The van der Waals surface area contributed by atoms with Crippen molar-refractivity contribution in [2.24, 2.45) is 5.92 Å². The van der Waals surface area contributed by atoms with Crippen LogP contribution in [0.4, 0.5) is 0 Å². The van der Waals surface area contributed by atoms with Crippen LogP contribution in [0.15, 0.2) is 24.3 Å². The van der Waals surface area contributed by atoms with Crippen LogP contribution in [0.3, 0.4) is 0 Å². The van der Waals surface area contributed by atoms with Crippen molar-refractivity contribution in [3.8, 4) is 10.6 Å². The van der Waals surface area contributed by atoms with E-state index in [2.05, 4.69) is 4.98 Å². The summed E-state index contributed by atoms with van der Waals surface area (Å²) in [7, 11) is 0. The molecule has 2 saturated heterocycles. The summed E-state index contributed by atoms with van der Waals surface area (Å²) in [6.45, 7) is 8.38. The molecule has 0 N–H and O–H groups in total. The van der Waals surface area contributed by atoms with Crippen molar-refractivity contribution < 1.29 is 14.3 Å². The van der Waals surface area contributed by atoms with Crippen LogP contribution in [-0.2, 0) is 9.53 Å². The van der Waals surface area contributed by atoms with Crippen LogP contribution < -0.4 is 0 Å². The van der Waals surface area contributed by atoms with Gasteiger partial charge in [0.2, 0.25) is 5.91 Å². The highest BCUT2D eigenvalue weighted by Gasteiger charge is 2.34. The number of carbonyl (C=O) groups excluding carboxylic acids is 2. The third-order valence-electron chi connectivity index (χ3n) is 5.94. The Labute approximate surface area is 192 Å². The standard InChI is InChI=1S/C23H28ClN3O3S/c1-14-12-27(13-15(2)30-14)22(28)18-8-10-26(11-9-18)23(29)20-16(3)25-21(31-20)17-4-6-19(24)7-5-17/h4-7,14-15,18H,8-13H2,1-3H3. The fourth-order valence-corrected chi connectivity index (χ4v) is 5.57. The lowest BCUT2D eigenvalue weighted by atomic mass is 9.94. The summed E-state index contributed by atoms with van der Waals surface area (Å²) >= 11 is 7.39. The van der Waals surface area contributed by atoms with Gasteiger partial charge in [-0.3, -0.25) is 9.59 Å². The van der Waals surface area contributed by atoms with E-state index in [4.69, 9.17) is 16.3 Å². The predicted octanol–water partition coefficient (Wildman–Crippen LogP) is 4.26. The summed E-state index contributed by atoms with van der Waals surface area (Å²) in [5.74, 6) is 0.191. The first kappa shape index (κ1) is 22.2. The highest BCUT2D eigenvalue weighted by Crippen LogP contribution is 2.31. The topological polar surface area (TPSA) is 62.7 Å². The number of ether oxygens (including phenoxy) is 1. The molecule has 1 aromatic carbocycles. The number of aryl methyl sites for hydroxylation is 1. The quantitative estimate of drug-likeness (QED) is 0.685. The zero-order valence-corrected chi connectivity index (χ0v) is 19.7. The van der Waals surface area contributed by atoms with E-state index in [9.17, 15) is 9.59 Å². The molecule has 0 aliphatic carbocycles. The normalized spacial score (nSPS) is 22.6. The number of rotatable bonds is 3. The fraction of sp³-hybridized carbons (Fsp3) is 0.522. The van der Waals surface area contributed by atoms with Gasteiger partial charge in [-0.05, 0) is 45.7 Å². The summed E-state index contributed by atoms with van der Waals surface area (Å²) in [6, 6.07) is 7.48. The maximum absolute atomic E-state index is 13.1. The first-order valence-electron chi connectivity index (χ1n) is 10.8. The summed E-state index contributed by atoms with van der Waals surface area (Å²) in [6.07, 6.45) is 1.54. The summed E-state index contributed by atoms with van der Waals surface area (Å²) in [5.41, 5.74) is 1.70. The molecule has 2 aliphatic heterocycles. The number of carbonyl (C=O) groups is 2. The molecule has 2 fully saturated rings. The Hall–Kier alpha value is -1.96.